The Morgan fingerprint density at radius 2 is 1.53 bits per heavy atom. The molecule has 7 heteroatoms. The van der Waals surface area contributed by atoms with E-state index in [-0.39, 0.29) is 12.5 Å². The summed E-state index contributed by atoms with van der Waals surface area (Å²) >= 11 is 0. The number of carbonyl (C=O) groups is 1. The molecule has 0 radical (unpaired) electrons. The van der Waals surface area contributed by atoms with E-state index in [4.69, 9.17) is 0 Å². The van der Waals surface area contributed by atoms with Gasteiger partial charge in [-0.2, -0.15) is 0 Å². The lowest BCUT2D eigenvalue weighted by molar-refractivity contribution is -0.133. The van der Waals surface area contributed by atoms with Crippen LogP contribution in [0.4, 0.5) is 0 Å². The highest BCUT2D eigenvalue weighted by Gasteiger charge is 2.23. The van der Waals surface area contributed by atoms with Crippen molar-refractivity contribution in [3.05, 3.63) is 81.0 Å². The predicted octanol–water partition coefficient (Wildman–Crippen LogP) is 1.53. The fourth-order valence-electron chi connectivity index (χ4n) is 4.05. The van der Waals surface area contributed by atoms with Crippen LogP contribution in [-0.4, -0.2) is 51.0 Å². The molecule has 0 bridgehead atoms. The highest BCUT2D eigenvalue weighted by molar-refractivity contribution is 5.79. The first-order valence-electron chi connectivity index (χ1n) is 10.3. The average Bonchev–Trinajstić information content (AvgIpc) is 2.78. The quantitative estimate of drug-likeness (QED) is 0.645. The Kier molecular flexibility index (Phi) is 5.81. The maximum absolute atomic E-state index is 12.9. The molecule has 2 aromatic carbocycles. The van der Waals surface area contributed by atoms with E-state index in [0.29, 0.717) is 30.5 Å². The van der Waals surface area contributed by atoms with Crippen LogP contribution in [0.1, 0.15) is 12.5 Å². The Morgan fingerprint density at radius 1 is 0.867 bits per heavy atom. The SMILES string of the molecule is CCn1c(=O)n(CC(=O)N2CCN(Cc3ccccc3)CC2)c(=O)c2ccccc21. The first-order chi connectivity index (χ1) is 14.6. The number of carbonyl (C=O) groups excluding carboxylic acids is 1. The molecule has 0 aliphatic carbocycles. The van der Waals surface area contributed by atoms with Crippen LogP contribution < -0.4 is 11.2 Å². The van der Waals surface area contributed by atoms with Crippen LogP contribution in [0, 0.1) is 0 Å². The second-order valence-electron chi connectivity index (χ2n) is 7.58. The molecule has 2 heterocycles. The molecule has 1 fully saturated rings. The van der Waals surface area contributed by atoms with Crippen molar-refractivity contribution >= 4 is 16.8 Å². The number of nitrogens with zero attached hydrogens (tertiary/aromatic N) is 4. The zero-order chi connectivity index (χ0) is 21.1. The molecule has 30 heavy (non-hydrogen) atoms. The summed E-state index contributed by atoms with van der Waals surface area (Å²) in [6, 6.07) is 17.3. The van der Waals surface area contributed by atoms with Crippen LogP contribution in [0.25, 0.3) is 10.9 Å². The Morgan fingerprint density at radius 3 is 2.23 bits per heavy atom. The Hall–Kier alpha value is -3.19. The monoisotopic (exact) mass is 406 g/mol. The Labute approximate surface area is 174 Å². The predicted molar refractivity (Wildman–Crippen MR) is 116 cm³/mol. The number of aromatic nitrogens is 2. The molecule has 3 aromatic rings. The van der Waals surface area contributed by atoms with Crippen molar-refractivity contribution in [1.29, 1.82) is 0 Å². The maximum Gasteiger partial charge on any atom is 0.331 e. The van der Waals surface area contributed by atoms with Crippen LogP contribution in [0.15, 0.2) is 64.2 Å². The topological polar surface area (TPSA) is 67.6 Å². The molecule has 0 unspecified atom stereocenters. The van der Waals surface area contributed by atoms with Crippen LogP contribution >= 0.6 is 0 Å². The summed E-state index contributed by atoms with van der Waals surface area (Å²) in [5.74, 6) is -0.188. The number of benzene rings is 2. The van der Waals surface area contributed by atoms with Crippen molar-refractivity contribution in [1.82, 2.24) is 18.9 Å². The number of hydrogen-bond donors (Lipinski definition) is 0. The number of para-hydroxylation sites is 1. The van der Waals surface area contributed by atoms with Crippen LogP contribution in [0.3, 0.4) is 0 Å². The maximum atomic E-state index is 12.9. The van der Waals surface area contributed by atoms with E-state index in [1.165, 1.54) is 5.56 Å². The minimum absolute atomic E-state index is 0.188. The van der Waals surface area contributed by atoms with E-state index in [9.17, 15) is 14.4 Å². The summed E-state index contributed by atoms with van der Waals surface area (Å²) in [4.78, 5) is 42.6. The first kappa shape index (κ1) is 20.1. The van der Waals surface area contributed by atoms with E-state index in [1.807, 2.05) is 25.1 Å². The fourth-order valence-corrected chi connectivity index (χ4v) is 4.05. The third-order valence-corrected chi connectivity index (χ3v) is 5.72. The number of fused-ring (bicyclic) bond motifs is 1. The van der Waals surface area contributed by atoms with Gasteiger partial charge in [-0.3, -0.25) is 23.6 Å². The standard InChI is InChI=1S/C23H26N4O3/c1-2-26-20-11-7-6-10-19(20)22(29)27(23(26)30)17-21(28)25-14-12-24(13-15-25)16-18-8-4-3-5-9-18/h3-11H,2,12-17H2,1H3. The lowest BCUT2D eigenvalue weighted by Gasteiger charge is -2.34. The van der Waals surface area contributed by atoms with Gasteiger partial charge < -0.3 is 4.90 Å². The van der Waals surface area contributed by atoms with Gasteiger partial charge in [-0.25, -0.2) is 4.79 Å². The summed E-state index contributed by atoms with van der Waals surface area (Å²) in [5, 5.41) is 0.458. The molecule has 1 amide bonds. The second-order valence-corrected chi connectivity index (χ2v) is 7.58. The van der Waals surface area contributed by atoms with Crippen molar-refractivity contribution in [3.8, 4) is 0 Å². The molecular formula is C23H26N4O3. The normalized spacial score (nSPS) is 14.9. The smallest absolute Gasteiger partial charge is 0.331 e. The molecule has 7 nitrogen and oxygen atoms in total. The van der Waals surface area contributed by atoms with Gasteiger partial charge >= 0.3 is 5.69 Å². The van der Waals surface area contributed by atoms with Gasteiger partial charge in [0.05, 0.1) is 10.9 Å². The van der Waals surface area contributed by atoms with Crippen LogP contribution in [0.5, 0.6) is 0 Å². The lowest BCUT2D eigenvalue weighted by Crippen LogP contribution is -2.51. The van der Waals surface area contributed by atoms with E-state index in [0.717, 1.165) is 24.2 Å². The second kappa shape index (κ2) is 8.67. The van der Waals surface area contributed by atoms with Gasteiger partial charge in [-0.05, 0) is 24.6 Å². The summed E-state index contributed by atoms with van der Waals surface area (Å²) in [5.41, 5.74) is 1.02. The summed E-state index contributed by atoms with van der Waals surface area (Å²) in [7, 11) is 0. The summed E-state index contributed by atoms with van der Waals surface area (Å²) in [6.07, 6.45) is 0. The van der Waals surface area contributed by atoms with Crippen molar-refractivity contribution < 1.29 is 4.79 Å². The fraction of sp³-hybridized carbons (Fsp3) is 0.348. The number of rotatable bonds is 5. The summed E-state index contributed by atoms with van der Waals surface area (Å²) < 4.78 is 2.62. The van der Waals surface area contributed by atoms with Gasteiger partial charge in [-0.1, -0.05) is 42.5 Å². The molecule has 0 atom stereocenters. The zero-order valence-corrected chi connectivity index (χ0v) is 17.2. The molecule has 1 aromatic heterocycles. The van der Waals surface area contributed by atoms with Crippen LogP contribution in [0.2, 0.25) is 0 Å². The van der Waals surface area contributed by atoms with E-state index >= 15 is 0 Å². The van der Waals surface area contributed by atoms with Crippen molar-refractivity contribution in [2.75, 3.05) is 26.2 Å². The van der Waals surface area contributed by atoms with Crippen LogP contribution in [-0.2, 0) is 24.4 Å². The third kappa shape index (κ3) is 3.93. The van der Waals surface area contributed by atoms with E-state index < -0.39 is 11.2 Å². The van der Waals surface area contributed by atoms with Crippen molar-refractivity contribution in [2.45, 2.75) is 26.6 Å². The molecule has 1 aliphatic heterocycles. The minimum atomic E-state index is -0.433. The number of amides is 1. The Balaban J connectivity index is 1.48. The van der Waals surface area contributed by atoms with Gasteiger partial charge in [0.1, 0.15) is 6.54 Å². The number of hydrogen-bond acceptors (Lipinski definition) is 4. The molecule has 4 rings (SSSR count). The Bertz CT molecular complexity index is 1160. The van der Waals surface area contributed by atoms with Crippen molar-refractivity contribution in [3.63, 3.8) is 0 Å². The minimum Gasteiger partial charge on any atom is -0.339 e. The van der Waals surface area contributed by atoms with Gasteiger partial charge in [0.15, 0.2) is 0 Å². The molecule has 1 aliphatic rings. The highest BCUT2D eigenvalue weighted by atomic mass is 16.2. The number of aryl methyl sites for hydroxylation is 1. The third-order valence-electron chi connectivity index (χ3n) is 5.72. The van der Waals surface area contributed by atoms with Crippen molar-refractivity contribution in [2.24, 2.45) is 0 Å². The largest absolute Gasteiger partial charge is 0.339 e. The summed E-state index contributed by atoms with van der Waals surface area (Å²) in [6.45, 7) is 5.66. The van der Waals surface area contributed by atoms with E-state index in [2.05, 4.69) is 17.0 Å². The van der Waals surface area contributed by atoms with Gasteiger partial charge in [0, 0.05) is 39.3 Å². The molecular weight excluding hydrogens is 380 g/mol. The van der Waals surface area contributed by atoms with Gasteiger partial charge in [-0.15, -0.1) is 0 Å². The van der Waals surface area contributed by atoms with Gasteiger partial charge in [0.2, 0.25) is 5.91 Å². The average molecular weight is 406 g/mol. The highest BCUT2D eigenvalue weighted by Crippen LogP contribution is 2.10. The molecule has 156 valence electrons. The van der Waals surface area contributed by atoms with Gasteiger partial charge in [0.25, 0.3) is 5.56 Å². The molecule has 0 spiro atoms. The lowest BCUT2D eigenvalue weighted by atomic mass is 10.2. The molecule has 0 N–H and O–H groups in total. The molecule has 0 saturated carbocycles. The number of piperazine rings is 1. The zero-order valence-electron chi connectivity index (χ0n) is 17.2. The first-order valence-corrected chi connectivity index (χ1v) is 10.3. The molecule has 1 saturated heterocycles. The van der Waals surface area contributed by atoms with E-state index in [1.54, 1.807) is 33.7 Å².